The summed E-state index contributed by atoms with van der Waals surface area (Å²) in [6, 6.07) is 0. The molecule has 15 heavy (non-hydrogen) atoms. The Bertz CT molecular complexity index is 344. The van der Waals surface area contributed by atoms with Crippen LogP contribution in [0.4, 0.5) is 0 Å². The fourth-order valence-electron chi connectivity index (χ4n) is 1.43. The van der Waals surface area contributed by atoms with Crippen LogP contribution in [0, 0.1) is 11.8 Å². The number of rotatable bonds is 3. The van der Waals surface area contributed by atoms with Gasteiger partial charge in [0.15, 0.2) is 0 Å². The fraction of sp³-hybridized carbons (Fsp3) is 0.538. The minimum absolute atomic E-state index is 0.701. The molecule has 0 bridgehead atoms. The Hall–Kier alpha value is 0.597. The van der Waals surface area contributed by atoms with Gasteiger partial charge in [0, 0.05) is 0 Å². The standard InChI is InChI=1S/C13H18.2W/c1-10(2)5-6-12-7-8-13(9-12)11(3)4;;/h6,9-11H,8H2,1-4H3;;. The van der Waals surface area contributed by atoms with Gasteiger partial charge in [-0.1, -0.05) is 0 Å². The molecule has 0 fully saturated rings. The first-order valence-corrected chi connectivity index (χ1v) is 8.34. The molecule has 0 aromatic carbocycles. The molecule has 0 spiro atoms. The summed E-state index contributed by atoms with van der Waals surface area (Å²) < 4.78 is 3.20. The maximum absolute atomic E-state index is 2.42. The Morgan fingerprint density at radius 3 is 2.33 bits per heavy atom. The molecule has 0 saturated carbocycles. The van der Waals surface area contributed by atoms with Crippen molar-refractivity contribution in [2.24, 2.45) is 11.8 Å². The second-order valence-electron chi connectivity index (χ2n) is 4.63. The molecule has 0 saturated heterocycles. The van der Waals surface area contributed by atoms with Crippen LogP contribution in [0.1, 0.15) is 34.1 Å². The summed E-state index contributed by atoms with van der Waals surface area (Å²) in [4.78, 5) is 0. The van der Waals surface area contributed by atoms with Crippen molar-refractivity contribution >= 4 is 7.80 Å². The molecule has 0 amide bonds. The van der Waals surface area contributed by atoms with Crippen LogP contribution in [0.3, 0.4) is 0 Å². The fourth-order valence-corrected chi connectivity index (χ4v) is 2.91. The SMILES string of the molecule is CC(C)[C](=[W])C=C1C=C(C(C)C)C[C]1=[W]. The summed E-state index contributed by atoms with van der Waals surface area (Å²) >= 11 is 3.25. The van der Waals surface area contributed by atoms with Gasteiger partial charge in [0.25, 0.3) is 0 Å². The second-order valence-corrected chi connectivity index (χ2v) is 8.09. The van der Waals surface area contributed by atoms with Crippen LogP contribution in [-0.4, -0.2) is 7.80 Å². The van der Waals surface area contributed by atoms with Crippen molar-refractivity contribution in [1.82, 2.24) is 0 Å². The molecule has 0 nitrogen and oxygen atoms in total. The molecule has 0 aliphatic heterocycles. The predicted molar refractivity (Wildman–Crippen MR) is 60.5 cm³/mol. The third-order valence-electron chi connectivity index (χ3n) is 2.64. The van der Waals surface area contributed by atoms with E-state index >= 15 is 0 Å². The molecule has 2 heteroatoms. The molecule has 0 heterocycles. The van der Waals surface area contributed by atoms with Crippen molar-refractivity contribution in [3.63, 3.8) is 0 Å². The van der Waals surface area contributed by atoms with Crippen molar-refractivity contribution in [1.29, 1.82) is 0 Å². The molecule has 0 aromatic heterocycles. The molecule has 1 aliphatic carbocycles. The molecular formula is C13H18W2. The topological polar surface area (TPSA) is 0 Å². The maximum atomic E-state index is 2.42. The van der Waals surface area contributed by atoms with Gasteiger partial charge in [0.1, 0.15) is 0 Å². The van der Waals surface area contributed by atoms with Crippen LogP contribution in [0.2, 0.25) is 0 Å². The quantitative estimate of drug-likeness (QED) is 0.515. The Morgan fingerprint density at radius 1 is 1.33 bits per heavy atom. The third-order valence-corrected chi connectivity index (χ3v) is 6.12. The van der Waals surface area contributed by atoms with Crippen LogP contribution in [0.25, 0.3) is 0 Å². The van der Waals surface area contributed by atoms with Gasteiger partial charge in [0.05, 0.1) is 0 Å². The molecule has 0 radical (unpaired) electrons. The Balaban J connectivity index is 2.88. The Labute approximate surface area is 115 Å². The molecule has 0 aromatic rings. The molecule has 1 rings (SSSR count). The summed E-state index contributed by atoms with van der Waals surface area (Å²) in [5, 5.41) is 0. The summed E-state index contributed by atoms with van der Waals surface area (Å²) in [5.41, 5.74) is 3.12. The van der Waals surface area contributed by atoms with E-state index in [1.165, 1.54) is 12.0 Å². The van der Waals surface area contributed by atoms with Crippen LogP contribution >= 0.6 is 0 Å². The van der Waals surface area contributed by atoms with E-state index in [2.05, 4.69) is 39.8 Å². The van der Waals surface area contributed by atoms with Gasteiger partial charge < -0.3 is 0 Å². The van der Waals surface area contributed by atoms with E-state index in [0.717, 1.165) is 0 Å². The van der Waals surface area contributed by atoms with Crippen molar-refractivity contribution in [2.75, 3.05) is 0 Å². The number of hydrogen-bond donors (Lipinski definition) is 0. The van der Waals surface area contributed by atoms with E-state index in [1.54, 1.807) is 52.1 Å². The van der Waals surface area contributed by atoms with E-state index < -0.39 is 0 Å². The van der Waals surface area contributed by atoms with Crippen LogP contribution in [0.5, 0.6) is 0 Å². The molecule has 0 atom stereocenters. The second kappa shape index (κ2) is 5.79. The summed E-state index contributed by atoms with van der Waals surface area (Å²) in [7, 11) is 0. The van der Waals surface area contributed by atoms with E-state index in [0.29, 0.717) is 11.8 Å². The van der Waals surface area contributed by atoms with E-state index in [9.17, 15) is 0 Å². The summed E-state index contributed by atoms with van der Waals surface area (Å²) in [6.07, 6.45) is 6.05. The van der Waals surface area contributed by atoms with Crippen molar-refractivity contribution in [3.8, 4) is 0 Å². The summed E-state index contributed by atoms with van der Waals surface area (Å²) in [5.74, 6) is 1.41. The van der Waals surface area contributed by atoms with Crippen LogP contribution in [0.15, 0.2) is 23.3 Å². The monoisotopic (exact) mass is 542 g/mol. The Morgan fingerprint density at radius 2 is 1.93 bits per heavy atom. The zero-order chi connectivity index (χ0) is 11.6. The average molecular weight is 542 g/mol. The molecule has 0 unspecified atom stereocenters. The van der Waals surface area contributed by atoms with Gasteiger partial charge in [0.2, 0.25) is 0 Å². The predicted octanol–water partition coefficient (Wildman–Crippen LogP) is 2.99. The third kappa shape index (κ3) is 3.83. The zero-order valence-electron chi connectivity index (χ0n) is 9.83. The van der Waals surface area contributed by atoms with Gasteiger partial charge in [-0.15, -0.1) is 0 Å². The average Bonchev–Trinajstić information content (AvgIpc) is 2.47. The van der Waals surface area contributed by atoms with Crippen molar-refractivity contribution < 1.29 is 38.7 Å². The first-order valence-electron chi connectivity index (χ1n) is 5.41. The molecular weight excluding hydrogens is 524 g/mol. The Kier molecular flexibility index (Phi) is 5.27. The van der Waals surface area contributed by atoms with Gasteiger partial charge in [-0.3, -0.25) is 0 Å². The van der Waals surface area contributed by atoms with Gasteiger partial charge in [-0.25, -0.2) is 0 Å². The van der Waals surface area contributed by atoms with E-state index in [-0.39, 0.29) is 0 Å². The first-order chi connectivity index (χ1) is 6.91. The molecule has 1 aliphatic rings. The van der Waals surface area contributed by atoms with Crippen molar-refractivity contribution in [3.05, 3.63) is 23.3 Å². The van der Waals surface area contributed by atoms with Crippen LogP contribution in [-0.2, 0) is 38.7 Å². The molecule has 82 valence electrons. The van der Waals surface area contributed by atoms with Crippen molar-refractivity contribution in [2.45, 2.75) is 34.1 Å². The van der Waals surface area contributed by atoms with Crippen LogP contribution < -0.4 is 0 Å². The number of allylic oxidation sites excluding steroid dienone is 4. The summed E-state index contributed by atoms with van der Waals surface area (Å²) in [6.45, 7) is 9.15. The normalized spacial score (nSPS) is 19.2. The van der Waals surface area contributed by atoms with E-state index in [4.69, 9.17) is 0 Å². The van der Waals surface area contributed by atoms with Gasteiger partial charge in [-0.05, 0) is 0 Å². The number of hydrogen-bond acceptors (Lipinski definition) is 0. The van der Waals surface area contributed by atoms with Gasteiger partial charge >= 0.3 is 116 Å². The van der Waals surface area contributed by atoms with Gasteiger partial charge in [-0.2, -0.15) is 0 Å². The zero-order valence-corrected chi connectivity index (χ0v) is 15.7. The van der Waals surface area contributed by atoms with E-state index in [1.807, 2.05) is 0 Å². The molecule has 0 N–H and O–H groups in total. The first kappa shape index (κ1) is 13.7. The minimum atomic E-state index is 0.701.